The van der Waals surface area contributed by atoms with Gasteiger partial charge in [-0.3, -0.25) is 4.79 Å². The maximum Gasteiger partial charge on any atom is 0.336 e. The molecule has 0 bridgehead atoms. The van der Waals surface area contributed by atoms with Crippen LogP contribution >= 0.6 is 11.6 Å². The zero-order chi connectivity index (χ0) is 26.3. The average Bonchev–Trinajstić information content (AvgIpc) is 3.09. The number of alkyl halides is 1. The third-order valence-electron chi connectivity index (χ3n) is 12.1. The van der Waals surface area contributed by atoms with E-state index in [1.807, 2.05) is 20.8 Å². The molecule has 1 spiro atoms. The number of esters is 1. The summed E-state index contributed by atoms with van der Waals surface area (Å²) in [6.07, 6.45) is 5.26. The number of allylic oxidation sites excluding steroid dienone is 1. The zero-order valence-electron chi connectivity index (χ0n) is 21.6. The van der Waals surface area contributed by atoms with E-state index in [0.29, 0.717) is 24.8 Å². The summed E-state index contributed by atoms with van der Waals surface area (Å²) in [6.45, 7) is 9.06. The molecule has 0 aromatic rings. The number of hydrogen-bond acceptors (Lipinski definition) is 7. The first kappa shape index (κ1) is 25.1. The minimum absolute atomic E-state index is 0.0305. The van der Waals surface area contributed by atoms with Crippen molar-refractivity contribution in [3.05, 3.63) is 23.3 Å². The van der Waals surface area contributed by atoms with Crippen LogP contribution in [-0.4, -0.2) is 55.2 Å². The molecule has 11 atom stereocenters. The van der Waals surface area contributed by atoms with Crippen molar-refractivity contribution in [1.82, 2.24) is 0 Å². The summed E-state index contributed by atoms with van der Waals surface area (Å²) in [6, 6.07) is 0. The summed E-state index contributed by atoms with van der Waals surface area (Å²) >= 11 is 6.87. The molecule has 2 aliphatic heterocycles. The van der Waals surface area contributed by atoms with Crippen LogP contribution in [0.25, 0.3) is 0 Å². The fraction of sp³-hybridized carbons (Fsp3) is 0.786. The van der Waals surface area contributed by atoms with Gasteiger partial charge >= 0.3 is 5.97 Å². The van der Waals surface area contributed by atoms with Gasteiger partial charge in [-0.2, -0.15) is 0 Å². The molecule has 198 valence electrons. The van der Waals surface area contributed by atoms with Crippen LogP contribution in [0.15, 0.2) is 23.3 Å². The highest BCUT2D eigenvalue weighted by Crippen LogP contribution is 2.75. The van der Waals surface area contributed by atoms with E-state index in [2.05, 4.69) is 0 Å². The summed E-state index contributed by atoms with van der Waals surface area (Å²) in [7, 11) is 0. The third kappa shape index (κ3) is 2.46. The Balaban J connectivity index is 1.52. The van der Waals surface area contributed by atoms with Crippen LogP contribution in [0.4, 0.5) is 0 Å². The van der Waals surface area contributed by atoms with Crippen LogP contribution in [0.2, 0.25) is 0 Å². The summed E-state index contributed by atoms with van der Waals surface area (Å²) in [5.74, 6) is -5.42. The van der Waals surface area contributed by atoms with Gasteiger partial charge in [0.15, 0.2) is 11.6 Å². The third-order valence-corrected chi connectivity index (χ3v) is 12.6. The standard InChI is InChI=1S/C28H37ClO7/c1-14-12-27(35-22(31)15(14)2)16(3)25(32)10-8-18-17-11-20(29)26(33)9-6-7-21(30)23(26,4)19(17)13-28(34,36-27)24(18,25)5/h6-7,16-20,32-34H,8-13H2,1-5H3/t16-,17?,18?,19?,20-,23-,24-,25+,26+,27+,28-/m0/s1. The van der Waals surface area contributed by atoms with Gasteiger partial charge in [0, 0.05) is 18.4 Å². The quantitative estimate of drug-likeness (QED) is 0.331. The number of hydrogen-bond donors (Lipinski definition) is 3. The van der Waals surface area contributed by atoms with E-state index >= 15 is 0 Å². The number of fused-ring (bicyclic) bond motifs is 4. The minimum Gasteiger partial charge on any atom is -0.429 e. The predicted octanol–water partition coefficient (Wildman–Crippen LogP) is 3.38. The van der Waals surface area contributed by atoms with Gasteiger partial charge in [-0.25, -0.2) is 4.79 Å². The van der Waals surface area contributed by atoms with Gasteiger partial charge in [-0.15, -0.1) is 11.6 Å². The maximum absolute atomic E-state index is 13.5. The lowest BCUT2D eigenvalue weighted by Gasteiger charge is -2.71. The van der Waals surface area contributed by atoms with Crippen LogP contribution in [-0.2, 0) is 19.1 Å². The molecule has 4 aliphatic carbocycles. The van der Waals surface area contributed by atoms with Crippen molar-refractivity contribution < 1.29 is 34.4 Å². The molecule has 0 aromatic carbocycles. The Morgan fingerprint density at radius 1 is 1.08 bits per heavy atom. The Morgan fingerprint density at radius 3 is 2.44 bits per heavy atom. The van der Waals surface area contributed by atoms with Gasteiger partial charge in [-0.05, 0) is 70.3 Å². The molecule has 6 rings (SSSR count). The Hall–Kier alpha value is -1.25. The lowest BCUT2D eigenvalue weighted by Crippen LogP contribution is -2.80. The molecular weight excluding hydrogens is 484 g/mol. The lowest BCUT2D eigenvalue weighted by molar-refractivity contribution is -0.472. The first-order valence-electron chi connectivity index (χ1n) is 13.2. The molecule has 2 heterocycles. The molecular formula is C28H37ClO7. The van der Waals surface area contributed by atoms with E-state index in [0.717, 1.165) is 5.57 Å². The Kier molecular flexibility index (Phi) is 4.89. The molecule has 0 amide bonds. The highest BCUT2D eigenvalue weighted by molar-refractivity contribution is 6.22. The summed E-state index contributed by atoms with van der Waals surface area (Å²) in [4.78, 5) is 26.3. The number of ether oxygens (including phenoxy) is 2. The van der Waals surface area contributed by atoms with E-state index in [1.165, 1.54) is 6.08 Å². The number of carbonyl (C=O) groups excluding carboxylic acids is 2. The molecule has 4 fully saturated rings. The molecule has 0 aromatic heterocycles. The second kappa shape index (κ2) is 7.03. The number of ketones is 1. The summed E-state index contributed by atoms with van der Waals surface area (Å²) < 4.78 is 12.5. The monoisotopic (exact) mass is 520 g/mol. The maximum atomic E-state index is 13.5. The largest absolute Gasteiger partial charge is 0.429 e. The smallest absolute Gasteiger partial charge is 0.336 e. The Bertz CT molecular complexity index is 1130. The Labute approximate surface area is 216 Å². The normalized spacial score (nSPS) is 57.9. The zero-order valence-corrected chi connectivity index (χ0v) is 22.4. The van der Waals surface area contributed by atoms with E-state index < -0.39 is 56.8 Å². The second-order valence-electron chi connectivity index (χ2n) is 12.9. The van der Waals surface area contributed by atoms with Crippen LogP contribution < -0.4 is 0 Å². The van der Waals surface area contributed by atoms with Gasteiger partial charge in [0.1, 0.15) is 0 Å². The predicted molar refractivity (Wildman–Crippen MR) is 130 cm³/mol. The molecule has 7 nitrogen and oxygen atoms in total. The van der Waals surface area contributed by atoms with E-state index in [1.54, 1.807) is 19.9 Å². The molecule has 1 saturated heterocycles. The lowest BCUT2D eigenvalue weighted by atomic mass is 9.40. The van der Waals surface area contributed by atoms with Crippen molar-refractivity contribution in [2.45, 2.75) is 101 Å². The van der Waals surface area contributed by atoms with Crippen molar-refractivity contribution in [3.63, 3.8) is 0 Å². The van der Waals surface area contributed by atoms with Crippen LogP contribution in [0.3, 0.4) is 0 Å². The average molecular weight is 521 g/mol. The number of halogens is 1. The molecule has 3 N–H and O–H groups in total. The molecule has 6 aliphatic rings. The van der Waals surface area contributed by atoms with E-state index in [-0.39, 0.29) is 36.9 Å². The highest BCUT2D eigenvalue weighted by Gasteiger charge is 2.82. The van der Waals surface area contributed by atoms with Gasteiger partial charge in [0.25, 0.3) is 0 Å². The summed E-state index contributed by atoms with van der Waals surface area (Å²) in [5.41, 5.74) is -3.80. The van der Waals surface area contributed by atoms with Crippen molar-refractivity contribution in [2.24, 2.45) is 34.5 Å². The number of carbonyl (C=O) groups is 2. The number of aliphatic hydroxyl groups is 3. The van der Waals surface area contributed by atoms with Gasteiger partial charge in [0.05, 0.1) is 33.3 Å². The second-order valence-corrected chi connectivity index (χ2v) is 13.5. The SMILES string of the molecule is CC1=C(C)C(=O)O[C@]2(C1)O[C@@]1(O)CC3C(C[C@H](Cl)[C@]4(O)CC=CC(=O)[C@]34C)C3CC[C@@](O)([C@@H]2C)[C@]31C. The fourth-order valence-electron chi connectivity index (χ4n) is 9.55. The minimum atomic E-state index is -1.88. The molecule has 3 saturated carbocycles. The Morgan fingerprint density at radius 2 is 1.78 bits per heavy atom. The van der Waals surface area contributed by atoms with E-state index in [4.69, 9.17) is 21.1 Å². The van der Waals surface area contributed by atoms with Crippen molar-refractivity contribution in [2.75, 3.05) is 0 Å². The van der Waals surface area contributed by atoms with Crippen molar-refractivity contribution in [3.8, 4) is 0 Å². The highest BCUT2D eigenvalue weighted by atomic mass is 35.5. The van der Waals surface area contributed by atoms with Crippen molar-refractivity contribution >= 4 is 23.4 Å². The number of rotatable bonds is 0. The first-order valence-corrected chi connectivity index (χ1v) is 13.7. The van der Waals surface area contributed by atoms with Crippen LogP contribution in [0.5, 0.6) is 0 Å². The van der Waals surface area contributed by atoms with E-state index in [9.17, 15) is 24.9 Å². The topological polar surface area (TPSA) is 113 Å². The van der Waals surface area contributed by atoms with Crippen LogP contribution in [0, 0.1) is 34.5 Å². The van der Waals surface area contributed by atoms with Gasteiger partial charge in [-0.1, -0.05) is 25.5 Å². The first-order chi connectivity index (χ1) is 16.6. The van der Waals surface area contributed by atoms with Crippen molar-refractivity contribution in [1.29, 1.82) is 0 Å². The van der Waals surface area contributed by atoms with Gasteiger partial charge in [0.2, 0.25) is 5.79 Å². The fourth-order valence-corrected chi connectivity index (χ4v) is 10.1. The van der Waals surface area contributed by atoms with Gasteiger partial charge < -0.3 is 24.8 Å². The molecule has 3 unspecified atom stereocenters. The molecule has 0 radical (unpaired) electrons. The molecule has 8 heteroatoms. The summed E-state index contributed by atoms with van der Waals surface area (Å²) in [5, 5.41) is 36.1. The van der Waals surface area contributed by atoms with Crippen LogP contribution in [0.1, 0.15) is 73.1 Å². The molecule has 36 heavy (non-hydrogen) atoms.